The van der Waals surface area contributed by atoms with Gasteiger partial charge in [-0.2, -0.15) is 0 Å². The third-order valence-corrected chi connectivity index (χ3v) is 3.37. The van der Waals surface area contributed by atoms with Crippen LogP contribution in [0.15, 0.2) is 30.3 Å². The van der Waals surface area contributed by atoms with E-state index < -0.39 is 29.3 Å². The Morgan fingerprint density at radius 3 is 2.04 bits per heavy atom. The van der Waals surface area contributed by atoms with E-state index in [0.29, 0.717) is 6.54 Å². The topological polar surface area (TPSA) is 93.7 Å². The maximum Gasteiger partial charge on any atom is 0.408 e. The lowest BCUT2D eigenvalue weighted by Gasteiger charge is -2.26. The summed E-state index contributed by atoms with van der Waals surface area (Å²) in [4.78, 5) is 36.6. The summed E-state index contributed by atoms with van der Waals surface area (Å²) in [6.45, 7) is 10.8. The van der Waals surface area contributed by atoms with Crippen LogP contribution in [0.1, 0.15) is 59.9 Å². The smallest absolute Gasteiger partial charge is 0.408 e. The van der Waals surface area contributed by atoms with E-state index in [0.717, 1.165) is 5.56 Å². The van der Waals surface area contributed by atoms with Crippen molar-refractivity contribution in [2.24, 2.45) is 0 Å². The zero-order chi connectivity index (χ0) is 21.4. The molecule has 0 saturated carbocycles. The van der Waals surface area contributed by atoms with E-state index in [2.05, 4.69) is 10.6 Å². The molecule has 2 amide bonds. The Bertz CT molecular complexity index is 660. The second-order valence-corrected chi connectivity index (χ2v) is 8.53. The highest BCUT2D eigenvalue weighted by molar-refractivity contribution is 5.83. The molecule has 156 valence electrons. The van der Waals surface area contributed by atoms with E-state index in [1.807, 2.05) is 30.3 Å². The van der Waals surface area contributed by atoms with Gasteiger partial charge in [0.1, 0.15) is 17.2 Å². The molecule has 1 atom stereocenters. The Morgan fingerprint density at radius 1 is 0.929 bits per heavy atom. The minimum absolute atomic E-state index is 0.0620. The average Bonchev–Trinajstić information content (AvgIpc) is 2.54. The molecular formula is C21H32N2O5. The predicted molar refractivity (Wildman–Crippen MR) is 107 cm³/mol. The SMILES string of the molecule is CC(C)(C)OC(=O)NC(CCC(=O)NCc1ccccc1)C(=O)OC(C)(C)C. The summed E-state index contributed by atoms with van der Waals surface area (Å²) in [6.07, 6.45) is -0.561. The number of carbonyl (C=O) groups excluding carboxylic acids is 3. The summed E-state index contributed by atoms with van der Waals surface area (Å²) in [5, 5.41) is 5.31. The summed E-state index contributed by atoms with van der Waals surface area (Å²) in [6, 6.07) is 8.53. The van der Waals surface area contributed by atoms with Crippen LogP contribution in [0.25, 0.3) is 0 Å². The molecule has 28 heavy (non-hydrogen) atoms. The molecule has 1 rings (SSSR count). The number of rotatable bonds is 7. The highest BCUT2D eigenvalue weighted by Crippen LogP contribution is 2.12. The lowest BCUT2D eigenvalue weighted by molar-refractivity contribution is -0.157. The average molecular weight is 392 g/mol. The van der Waals surface area contributed by atoms with Gasteiger partial charge >= 0.3 is 12.1 Å². The van der Waals surface area contributed by atoms with E-state index in [4.69, 9.17) is 9.47 Å². The molecule has 2 N–H and O–H groups in total. The quantitative estimate of drug-likeness (QED) is 0.694. The van der Waals surface area contributed by atoms with Crippen LogP contribution in [-0.4, -0.2) is 35.2 Å². The summed E-state index contributed by atoms with van der Waals surface area (Å²) in [5.41, 5.74) is -0.428. The van der Waals surface area contributed by atoms with Crippen LogP contribution in [0.3, 0.4) is 0 Å². The van der Waals surface area contributed by atoms with Gasteiger partial charge in [-0.15, -0.1) is 0 Å². The minimum atomic E-state index is -0.975. The number of hydrogen-bond donors (Lipinski definition) is 2. The first kappa shape index (κ1) is 23.5. The largest absolute Gasteiger partial charge is 0.458 e. The summed E-state index contributed by atoms with van der Waals surface area (Å²) >= 11 is 0. The third-order valence-electron chi connectivity index (χ3n) is 3.37. The van der Waals surface area contributed by atoms with E-state index in [1.54, 1.807) is 41.5 Å². The number of carbonyl (C=O) groups is 3. The van der Waals surface area contributed by atoms with Gasteiger partial charge in [0, 0.05) is 13.0 Å². The Morgan fingerprint density at radius 2 is 1.50 bits per heavy atom. The van der Waals surface area contributed by atoms with Gasteiger partial charge < -0.3 is 20.1 Å². The molecule has 0 aliphatic heterocycles. The van der Waals surface area contributed by atoms with Crippen molar-refractivity contribution in [3.63, 3.8) is 0 Å². The summed E-state index contributed by atoms with van der Waals surface area (Å²) < 4.78 is 10.6. The van der Waals surface area contributed by atoms with Crippen LogP contribution in [0.2, 0.25) is 0 Å². The van der Waals surface area contributed by atoms with Crippen molar-refractivity contribution in [1.29, 1.82) is 0 Å². The van der Waals surface area contributed by atoms with Gasteiger partial charge in [0.05, 0.1) is 0 Å². The van der Waals surface area contributed by atoms with Crippen molar-refractivity contribution in [2.75, 3.05) is 0 Å². The normalized spacial score (nSPS) is 12.6. The van der Waals surface area contributed by atoms with Gasteiger partial charge in [-0.25, -0.2) is 9.59 Å². The van der Waals surface area contributed by atoms with Crippen molar-refractivity contribution in [1.82, 2.24) is 10.6 Å². The fourth-order valence-corrected chi connectivity index (χ4v) is 2.23. The van der Waals surface area contributed by atoms with Crippen LogP contribution in [0.5, 0.6) is 0 Å². The highest BCUT2D eigenvalue weighted by Gasteiger charge is 2.29. The lowest BCUT2D eigenvalue weighted by atomic mass is 10.1. The zero-order valence-corrected chi connectivity index (χ0v) is 17.6. The first-order valence-corrected chi connectivity index (χ1v) is 9.39. The molecule has 7 nitrogen and oxygen atoms in total. The molecule has 7 heteroatoms. The molecule has 1 aromatic carbocycles. The highest BCUT2D eigenvalue weighted by atomic mass is 16.6. The van der Waals surface area contributed by atoms with Gasteiger partial charge in [0.25, 0.3) is 0 Å². The molecule has 0 heterocycles. The second-order valence-electron chi connectivity index (χ2n) is 8.53. The standard InChI is InChI=1S/C21H32N2O5/c1-20(2,3)27-18(25)16(23-19(26)28-21(4,5)6)12-13-17(24)22-14-15-10-8-7-9-11-15/h7-11,16H,12-14H2,1-6H3,(H,22,24)(H,23,26). The predicted octanol–water partition coefficient (Wildman–Crippen LogP) is 3.32. The molecule has 0 aliphatic rings. The number of amides is 2. The monoisotopic (exact) mass is 392 g/mol. The Balaban J connectivity index is 2.63. The van der Waals surface area contributed by atoms with Crippen LogP contribution < -0.4 is 10.6 Å². The van der Waals surface area contributed by atoms with Crippen LogP contribution in [-0.2, 0) is 25.6 Å². The van der Waals surface area contributed by atoms with Crippen molar-refractivity contribution in [2.45, 2.75) is 78.2 Å². The molecule has 1 aromatic rings. The van der Waals surface area contributed by atoms with Crippen molar-refractivity contribution >= 4 is 18.0 Å². The molecule has 0 radical (unpaired) electrons. The Hall–Kier alpha value is -2.57. The van der Waals surface area contributed by atoms with Gasteiger partial charge in [-0.1, -0.05) is 30.3 Å². The fourth-order valence-electron chi connectivity index (χ4n) is 2.23. The number of benzene rings is 1. The second kappa shape index (κ2) is 10.1. The maximum atomic E-state index is 12.4. The molecular weight excluding hydrogens is 360 g/mol. The third kappa shape index (κ3) is 10.5. The number of nitrogens with one attached hydrogen (secondary N) is 2. The van der Waals surface area contributed by atoms with Gasteiger partial charge in [-0.05, 0) is 53.5 Å². The molecule has 0 bridgehead atoms. The first-order valence-electron chi connectivity index (χ1n) is 9.39. The molecule has 0 saturated heterocycles. The maximum absolute atomic E-state index is 12.4. The fraction of sp³-hybridized carbons (Fsp3) is 0.571. The van der Waals surface area contributed by atoms with E-state index in [-0.39, 0.29) is 18.7 Å². The minimum Gasteiger partial charge on any atom is -0.458 e. The van der Waals surface area contributed by atoms with Gasteiger partial charge in [0.2, 0.25) is 5.91 Å². The molecule has 0 fully saturated rings. The number of alkyl carbamates (subject to hydrolysis) is 1. The van der Waals surface area contributed by atoms with Crippen molar-refractivity contribution in [3.8, 4) is 0 Å². The number of esters is 1. The van der Waals surface area contributed by atoms with Crippen LogP contribution in [0, 0.1) is 0 Å². The molecule has 0 aliphatic carbocycles. The summed E-state index contributed by atoms with van der Waals surface area (Å²) in [5.74, 6) is -0.822. The van der Waals surface area contributed by atoms with E-state index >= 15 is 0 Å². The lowest BCUT2D eigenvalue weighted by Crippen LogP contribution is -2.46. The molecule has 0 spiro atoms. The Labute approximate surface area is 167 Å². The number of hydrogen-bond acceptors (Lipinski definition) is 5. The van der Waals surface area contributed by atoms with Crippen LogP contribution in [0.4, 0.5) is 4.79 Å². The van der Waals surface area contributed by atoms with Crippen LogP contribution >= 0.6 is 0 Å². The zero-order valence-electron chi connectivity index (χ0n) is 17.6. The Kier molecular flexibility index (Phi) is 8.47. The van der Waals surface area contributed by atoms with E-state index in [9.17, 15) is 14.4 Å². The van der Waals surface area contributed by atoms with Gasteiger partial charge in [0.15, 0.2) is 0 Å². The summed E-state index contributed by atoms with van der Waals surface area (Å²) in [7, 11) is 0. The molecule has 0 aromatic heterocycles. The van der Waals surface area contributed by atoms with E-state index in [1.165, 1.54) is 0 Å². The van der Waals surface area contributed by atoms with Gasteiger partial charge in [-0.3, -0.25) is 4.79 Å². The van der Waals surface area contributed by atoms with Crippen molar-refractivity contribution in [3.05, 3.63) is 35.9 Å². The number of ether oxygens (including phenoxy) is 2. The van der Waals surface area contributed by atoms with Crippen molar-refractivity contribution < 1.29 is 23.9 Å². The molecule has 1 unspecified atom stereocenters. The first-order chi connectivity index (χ1) is 12.9.